The Morgan fingerprint density at radius 3 is 2.50 bits per heavy atom. The van der Waals surface area contributed by atoms with Crippen molar-refractivity contribution in [1.29, 1.82) is 0 Å². The summed E-state index contributed by atoms with van der Waals surface area (Å²) in [6.07, 6.45) is -4.27. The average molecular weight is 569 g/mol. The van der Waals surface area contributed by atoms with E-state index in [9.17, 15) is 33.4 Å². The van der Waals surface area contributed by atoms with Crippen LogP contribution in [0, 0.1) is 0 Å². The Hall–Kier alpha value is -1.21. The highest BCUT2D eigenvalue weighted by Crippen LogP contribution is 2.66. The second kappa shape index (κ2) is 10.0. The summed E-state index contributed by atoms with van der Waals surface area (Å²) < 4.78 is 57.9. The third-order valence-electron chi connectivity index (χ3n) is 4.12. The van der Waals surface area contributed by atoms with Crippen molar-refractivity contribution in [3.8, 4) is 0 Å². The molecular formula is C11H18N5O14P3S. The highest BCUT2D eigenvalue weighted by molar-refractivity contribution is 7.80. The molecule has 0 aromatic carbocycles. The van der Waals surface area contributed by atoms with E-state index in [0.717, 1.165) is 6.33 Å². The van der Waals surface area contributed by atoms with Crippen LogP contribution in [0.15, 0.2) is 11.1 Å². The van der Waals surface area contributed by atoms with Crippen molar-refractivity contribution in [2.75, 3.05) is 18.3 Å². The molecule has 2 aromatic rings. The van der Waals surface area contributed by atoms with E-state index in [1.807, 2.05) is 0 Å². The number of phosphoric acid groups is 3. The second-order valence-electron chi connectivity index (χ2n) is 6.48. The number of anilines is 1. The van der Waals surface area contributed by atoms with Crippen LogP contribution in [-0.4, -0.2) is 75.1 Å². The lowest BCUT2D eigenvalue weighted by Gasteiger charge is -2.21. The molecule has 8 N–H and O–H groups in total. The molecule has 0 aliphatic carbocycles. The van der Waals surface area contributed by atoms with E-state index in [4.69, 9.17) is 25.0 Å². The molecule has 0 radical (unpaired) electrons. The second-order valence-corrected chi connectivity index (χ2v) is 11.2. The van der Waals surface area contributed by atoms with Gasteiger partial charge >= 0.3 is 23.5 Å². The van der Waals surface area contributed by atoms with E-state index in [1.165, 1.54) is 4.57 Å². The first-order valence-corrected chi connectivity index (χ1v) is 13.8. The van der Waals surface area contributed by atoms with Crippen LogP contribution in [0.3, 0.4) is 0 Å². The number of aromatic amines is 1. The maximum absolute atomic E-state index is 12.0. The fraction of sp³-hybridized carbons (Fsp3) is 0.545. The molecule has 1 aliphatic heterocycles. The van der Waals surface area contributed by atoms with Crippen LogP contribution in [0.2, 0.25) is 0 Å². The maximum Gasteiger partial charge on any atom is 0.490 e. The summed E-state index contributed by atoms with van der Waals surface area (Å²) in [7, 11) is -16.8. The molecule has 3 rings (SSSR count). The number of nitrogen functional groups attached to an aromatic ring is 1. The van der Waals surface area contributed by atoms with Gasteiger partial charge in [-0.1, -0.05) is 0 Å². The summed E-state index contributed by atoms with van der Waals surface area (Å²) in [6.45, 7) is -0.948. The van der Waals surface area contributed by atoms with E-state index in [0.29, 0.717) is 0 Å². The number of aliphatic hydroxyl groups excluding tert-OH is 1. The number of ether oxygens (including phenoxy) is 2. The maximum atomic E-state index is 12.0. The van der Waals surface area contributed by atoms with Gasteiger partial charge in [0.2, 0.25) is 5.95 Å². The van der Waals surface area contributed by atoms with E-state index < -0.39 is 60.2 Å². The Bertz CT molecular complexity index is 1250. The van der Waals surface area contributed by atoms with Crippen LogP contribution >= 0.6 is 36.1 Å². The number of hydrogen-bond donors (Lipinski definition) is 8. The zero-order chi connectivity index (χ0) is 25.5. The third kappa shape index (κ3) is 6.51. The molecule has 1 aliphatic rings. The molecule has 1 saturated heterocycles. The Balaban J connectivity index is 1.79. The summed E-state index contributed by atoms with van der Waals surface area (Å²) in [4.78, 5) is 58.0. The molecule has 23 heteroatoms. The molecule has 0 amide bonds. The number of hydrogen-bond acceptors (Lipinski definition) is 14. The number of aromatic nitrogens is 4. The molecule has 1 fully saturated rings. The minimum Gasteiger partial charge on any atom is -0.387 e. The molecule has 19 nitrogen and oxygen atoms in total. The lowest BCUT2D eigenvalue weighted by Crippen LogP contribution is -2.35. The number of phosphoric ester groups is 1. The Labute approximate surface area is 193 Å². The largest absolute Gasteiger partial charge is 0.490 e. The first kappa shape index (κ1) is 27.4. The Morgan fingerprint density at radius 1 is 1.21 bits per heavy atom. The minimum atomic E-state index is -5.73. The van der Waals surface area contributed by atoms with Crippen molar-refractivity contribution in [3.63, 3.8) is 0 Å². The molecule has 3 heterocycles. The number of fused-ring (bicyclic) bond motifs is 1. The zero-order valence-corrected chi connectivity index (χ0v) is 20.0. The first-order chi connectivity index (χ1) is 15.6. The van der Waals surface area contributed by atoms with Gasteiger partial charge in [0.15, 0.2) is 17.4 Å². The number of rotatable bonds is 10. The normalized spacial score (nSPS) is 27.0. The zero-order valence-electron chi connectivity index (χ0n) is 16.4. The van der Waals surface area contributed by atoms with Gasteiger partial charge in [-0.15, -0.1) is 0 Å². The number of nitrogens with two attached hydrogens (primary N) is 1. The lowest BCUT2D eigenvalue weighted by atomic mass is 10.1. The predicted octanol–water partition coefficient (Wildman–Crippen LogP) is -1.42. The fourth-order valence-corrected chi connectivity index (χ4v) is 6.15. The van der Waals surface area contributed by atoms with Gasteiger partial charge in [-0.2, -0.15) is 26.2 Å². The van der Waals surface area contributed by atoms with E-state index in [2.05, 4.69) is 40.7 Å². The van der Waals surface area contributed by atoms with Gasteiger partial charge in [-0.3, -0.25) is 18.9 Å². The first-order valence-electron chi connectivity index (χ1n) is 8.69. The van der Waals surface area contributed by atoms with Crippen molar-refractivity contribution < 1.29 is 61.0 Å². The summed E-state index contributed by atoms with van der Waals surface area (Å²) in [5.41, 5.74) is 4.73. The standard InChI is InChI=1S/C11H18N5O14P3S/c12-11-14-8-5(9(18)15-11)13-2-16(8)10-7(26-3-34)6(17)4(28-10)1-27-32(22,23)30-33(24,25)29-31(19,20)21/h2,4,6-7,10,17,34H,1,3H2,(H,22,23)(H,24,25)(H2,19,20,21)(H3,12,14,15,18)/t4-,6+,7-,10-/m1/s1. The summed E-state index contributed by atoms with van der Waals surface area (Å²) in [5.74, 6) is -0.457. The monoisotopic (exact) mass is 569 g/mol. The smallest absolute Gasteiger partial charge is 0.387 e. The predicted molar refractivity (Wildman–Crippen MR) is 111 cm³/mol. The number of aliphatic hydroxyl groups is 1. The van der Waals surface area contributed by atoms with Crippen LogP contribution in [0.5, 0.6) is 0 Å². The molecule has 2 unspecified atom stereocenters. The number of nitrogens with zero attached hydrogens (tertiary/aromatic N) is 3. The number of imidazole rings is 1. The molecule has 0 spiro atoms. The van der Waals surface area contributed by atoms with Gasteiger partial charge in [0.1, 0.15) is 18.3 Å². The van der Waals surface area contributed by atoms with Gasteiger partial charge < -0.3 is 39.9 Å². The van der Waals surface area contributed by atoms with E-state index >= 15 is 0 Å². The Kier molecular flexibility index (Phi) is 8.08. The van der Waals surface area contributed by atoms with Crippen LogP contribution in [-0.2, 0) is 36.3 Å². The van der Waals surface area contributed by atoms with Gasteiger partial charge in [0, 0.05) is 0 Å². The van der Waals surface area contributed by atoms with Crippen molar-refractivity contribution in [2.24, 2.45) is 0 Å². The van der Waals surface area contributed by atoms with E-state index in [-0.39, 0.29) is 23.1 Å². The van der Waals surface area contributed by atoms with Gasteiger partial charge in [0.25, 0.3) is 5.56 Å². The highest BCUT2D eigenvalue weighted by Gasteiger charge is 2.48. The van der Waals surface area contributed by atoms with Crippen molar-refractivity contribution in [2.45, 2.75) is 24.5 Å². The summed E-state index contributed by atoms with van der Waals surface area (Å²) >= 11 is 3.91. The number of thiol groups is 1. The van der Waals surface area contributed by atoms with Gasteiger partial charge in [-0.05, 0) is 0 Å². The molecule has 2 aromatic heterocycles. The van der Waals surface area contributed by atoms with Crippen LogP contribution in [0.1, 0.15) is 6.23 Å². The van der Waals surface area contributed by atoms with Crippen molar-refractivity contribution in [3.05, 3.63) is 16.7 Å². The average Bonchev–Trinajstić information content (AvgIpc) is 3.19. The van der Waals surface area contributed by atoms with Crippen LogP contribution in [0.4, 0.5) is 5.95 Å². The number of nitrogens with one attached hydrogen (secondary N) is 1. The third-order valence-corrected chi connectivity index (χ3v) is 8.07. The molecule has 0 saturated carbocycles. The molecular weight excluding hydrogens is 551 g/mol. The summed E-state index contributed by atoms with van der Waals surface area (Å²) in [6, 6.07) is 0. The molecule has 192 valence electrons. The van der Waals surface area contributed by atoms with Crippen molar-refractivity contribution >= 4 is 53.2 Å². The fourth-order valence-electron chi connectivity index (χ4n) is 2.95. The van der Waals surface area contributed by atoms with Crippen molar-refractivity contribution in [1.82, 2.24) is 19.5 Å². The quantitative estimate of drug-likeness (QED) is 0.0924. The van der Waals surface area contributed by atoms with Crippen LogP contribution in [0.25, 0.3) is 11.2 Å². The molecule has 6 atom stereocenters. The number of H-pyrrole nitrogens is 1. The minimum absolute atomic E-state index is 0.0419. The van der Waals surface area contributed by atoms with Gasteiger partial charge in [0.05, 0.1) is 18.9 Å². The van der Waals surface area contributed by atoms with Gasteiger partial charge in [-0.25, -0.2) is 18.7 Å². The SMILES string of the molecule is Nc1nc2c(ncn2[C@@H]2O[C@H](COP(=O)(O)OP(=O)(O)OP(=O)(O)O)[C@H](O)[C@H]2OCS)c(=O)[nH]1. The highest BCUT2D eigenvalue weighted by atomic mass is 32.1. The van der Waals surface area contributed by atoms with E-state index in [1.54, 1.807) is 0 Å². The Morgan fingerprint density at radius 2 is 1.88 bits per heavy atom. The molecule has 0 bridgehead atoms. The van der Waals surface area contributed by atoms with Crippen LogP contribution < -0.4 is 11.3 Å². The lowest BCUT2D eigenvalue weighted by molar-refractivity contribution is -0.0601. The molecule has 34 heavy (non-hydrogen) atoms. The summed E-state index contributed by atoms with van der Waals surface area (Å²) in [5, 5.41) is 10.6. The topological polar surface area (TPSA) is 288 Å².